The molecule has 2 aliphatic heterocycles. The highest BCUT2D eigenvalue weighted by Gasteiger charge is 2.46. The summed E-state index contributed by atoms with van der Waals surface area (Å²) in [6.45, 7) is 2.50. The first-order valence-corrected chi connectivity index (χ1v) is 10.7. The molecule has 2 heterocycles. The number of carbonyl (C=O) groups excluding carboxylic acids is 2. The molecule has 2 fully saturated rings. The van der Waals surface area contributed by atoms with Crippen molar-refractivity contribution in [2.75, 3.05) is 18.5 Å². The van der Waals surface area contributed by atoms with Crippen LogP contribution in [0.2, 0.25) is 0 Å². The monoisotopic (exact) mass is 402 g/mol. The van der Waals surface area contributed by atoms with Gasteiger partial charge >= 0.3 is 0 Å². The van der Waals surface area contributed by atoms with Crippen LogP contribution in [0.1, 0.15) is 56.9 Å². The maximum Gasteiger partial charge on any atom is 0.224 e. The Bertz CT molecular complexity index is 764. The van der Waals surface area contributed by atoms with Crippen molar-refractivity contribution in [3.8, 4) is 5.75 Å². The van der Waals surface area contributed by atoms with Gasteiger partial charge in [-0.05, 0) is 49.8 Å². The Hall–Kier alpha value is -2.12. The zero-order valence-corrected chi connectivity index (χ0v) is 16.9. The number of anilines is 1. The standard InChI is InChI=1S/C22H30N2O5/c1-2-7-23-20(26)11-15-10-17-16-9-14(24-21(27)8-13-3-4-13)5-6-18(16)29-22(17)19(12-25)28-15/h5-6,9,13,15,17,19,22,25H,2-4,7-8,10-12H2,1H3,(H,23,26)(H,24,27)/t15-,17+,19+,22-/m0/s1. The molecule has 4 rings (SSSR count). The number of fused-ring (bicyclic) bond motifs is 3. The van der Waals surface area contributed by atoms with Crippen molar-refractivity contribution < 1.29 is 24.2 Å². The number of benzene rings is 1. The molecular formula is C22H30N2O5. The van der Waals surface area contributed by atoms with Gasteiger partial charge in [0.05, 0.1) is 19.1 Å². The molecule has 0 unspecified atom stereocenters. The lowest BCUT2D eigenvalue weighted by molar-refractivity contribution is -0.142. The SMILES string of the molecule is CCCNC(=O)C[C@@H]1C[C@@H]2c3cc(NC(=O)CC4CC4)ccc3O[C@@H]2[C@@H](CO)O1. The Morgan fingerprint density at radius 1 is 1.21 bits per heavy atom. The van der Waals surface area contributed by atoms with Crippen LogP contribution in [0.25, 0.3) is 0 Å². The van der Waals surface area contributed by atoms with Crippen molar-refractivity contribution in [1.82, 2.24) is 5.32 Å². The molecule has 7 nitrogen and oxygen atoms in total. The van der Waals surface area contributed by atoms with Crippen LogP contribution >= 0.6 is 0 Å². The van der Waals surface area contributed by atoms with Crippen LogP contribution in [-0.2, 0) is 14.3 Å². The lowest BCUT2D eigenvalue weighted by Crippen LogP contribution is -2.47. The summed E-state index contributed by atoms with van der Waals surface area (Å²) in [7, 11) is 0. The Morgan fingerprint density at radius 2 is 2.03 bits per heavy atom. The molecule has 0 spiro atoms. The molecule has 1 aromatic carbocycles. The maximum atomic E-state index is 12.2. The fraction of sp³-hybridized carbons (Fsp3) is 0.636. The van der Waals surface area contributed by atoms with E-state index in [9.17, 15) is 14.7 Å². The van der Waals surface area contributed by atoms with Crippen LogP contribution in [0.15, 0.2) is 18.2 Å². The second-order valence-corrected chi connectivity index (χ2v) is 8.41. The van der Waals surface area contributed by atoms with E-state index in [1.54, 1.807) is 0 Å². The number of nitrogens with one attached hydrogen (secondary N) is 2. The van der Waals surface area contributed by atoms with Gasteiger partial charge in [-0.1, -0.05) is 6.92 Å². The Labute approximate surface area is 171 Å². The molecule has 158 valence electrons. The molecule has 2 amide bonds. The molecule has 3 aliphatic rings. The Balaban J connectivity index is 1.46. The molecule has 29 heavy (non-hydrogen) atoms. The maximum absolute atomic E-state index is 12.2. The molecule has 0 bridgehead atoms. The molecule has 0 radical (unpaired) electrons. The third kappa shape index (κ3) is 4.73. The van der Waals surface area contributed by atoms with Crippen LogP contribution < -0.4 is 15.4 Å². The molecule has 1 saturated heterocycles. The highest BCUT2D eigenvalue weighted by molar-refractivity contribution is 5.91. The predicted octanol–water partition coefficient (Wildman–Crippen LogP) is 2.34. The van der Waals surface area contributed by atoms with Gasteiger partial charge in [-0.3, -0.25) is 9.59 Å². The van der Waals surface area contributed by atoms with Gasteiger partial charge in [-0.25, -0.2) is 0 Å². The van der Waals surface area contributed by atoms with Gasteiger partial charge in [-0.15, -0.1) is 0 Å². The van der Waals surface area contributed by atoms with E-state index in [0.29, 0.717) is 25.3 Å². The molecule has 1 aliphatic carbocycles. The second kappa shape index (κ2) is 8.71. The van der Waals surface area contributed by atoms with Gasteiger partial charge in [0, 0.05) is 30.1 Å². The number of hydrogen-bond acceptors (Lipinski definition) is 5. The van der Waals surface area contributed by atoms with Crippen LogP contribution in [0.5, 0.6) is 5.75 Å². The number of amides is 2. The van der Waals surface area contributed by atoms with Gasteiger partial charge in [0.25, 0.3) is 0 Å². The average Bonchev–Trinajstić information content (AvgIpc) is 3.44. The van der Waals surface area contributed by atoms with E-state index in [0.717, 1.165) is 36.3 Å². The third-order valence-corrected chi connectivity index (χ3v) is 5.94. The lowest BCUT2D eigenvalue weighted by atomic mass is 9.84. The number of aliphatic hydroxyl groups excluding tert-OH is 1. The van der Waals surface area contributed by atoms with Crippen molar-refractivity contribution in [3.63, 3.8) is 0 Å². The summed E-state index contributed by atoms with van der Waals surface area (Å²) in [5.41, 5.74) is 1.78. The molecular weight excluding hydrogens is 372 g/mol. The minimum absolute atomic E-state index is 0.0279. The molecule has 4 atom stereocenters. The van der Waals surface area contributed by atoms with Gasteiger partial charge < -0.3 is 25.2 Å². The topological polar surface area (TPSA) is 96.9 Å². The minimum atomic E-state index is -0.474. The Morgan fingerprint density at radius 3 is 2.76 bits per heavy atom. The van der Waals surface area contributed by atoms with Crippen molar-refractivity contribution in [1.29, 1.82) is 0 Å². The first kappa shape index (κ1) is 20.2. The second-order valence-electron chi connectivity index (χ2n) is 8.41. The number of aliphatic hydroxyl groups is 1. The van der Waals surface area contributed by atoms with Crippen molar-refractivity contribution in [2.45, 2.75) is 69.7 Å². The van der Waals surface area contributed by atoms with Crippen LogP contribution in [-0.4, -0.2) is 48.4 Å². The summed E-state index contributed by atoms with van der Waals surface area (Å²) in [6.07, 6.45) is 3.65. The van der Waals surface area contributed by atoms with E-state index in [4.69, 9.17) is 9.47 Å². The van der Waals surface area contributed by atoms with Gasteiger partial charge in [0.2, 0.25) is 11.8 Å². The number of rotatable bonds is 8. The van der Waals surface area contributed by atoms with E-state index in [1.165, 1.54) is 0 Å². The molecule has 1 saturated carbocycles. The first-order chi connectivity index (χ1) is 14.1. The van der Waals surface area contributed by atoms with E-state index < -0.39 is 6.10 Å². The zero-order chi connectivity index (χ0) is 20.4. The van der Waals surface area contributed by atoms with E-state index >= 15 is 0 Å². The highest BCUT2D eigenvalue weighted by Crippen LogP contribution is 2.47. The van der Waals surface area contributed by atoms with Gasteiger partial charge in [0.15, 0.2) is 0 Å². The van der Waals surface area contributed by atoms with Crippen LogP contribution in [0.3, 0.4) is 0 Å². The van der Waals surface area contributed by atoms with Crippen molar-refractivity contribution in [2.24, 2.45) is 5.92 Å². The van der Waals surface area contributed by atoms with Crippen LogP contribution in [0, 0.1) is 5.92 Å². The molecule has 0 aromatic heterocycles. The summed E-state index contributed by atoms with van der Waals surface area (Å²) in [5, 5.41) is 15.7. The summed E-state index contributed by atoms with van der Waals surface area (Å²) in [4.78, 5) is 24.3. The fourth-order valence-corrected chi connectivity index (χ4v) is 4.31. The number of carbonyl (C=O) groups is 2. The quantitative estimate of drug-likeness (QED) is 0.620. The smallest absolute Gasteiger partial charge is 0.224 e. The minimum Gasteiger partial charge on any atom is -0.487 e. The largest absolute Gasteiger partial charge is 0.487 e. The van der Waals surface area contributed by atoms with Gasteiger partial charge in [0.1, 0.15) is 18.0 Å². The number of hydrogen-bond donors (Lipinski definition) is 3. The molecule has 1 aromatic rings. The fourth-order valence-electron chi connectivity index (χ4n) is 4.31. The van der Waals surface area contributed by atoms with E-state index in [1.807, 2.05) is 25.1 Å². The summed E-state index contributed by atoms with van der Waals surface area (Å²) in [6, 6.07) is 5.70. The van der Waals surface area contributed by atoms with Crippen LogP contribution in [0.4, 0.5) is 5.69 Å². The van der Waals surface area contributed by atoms with Crippen molar-refractivity contribution in [3.05, 3.63) is 23.8 Å². The predicted molar refractivity (Wildman–Crippen MR) is 108 cm³/mol. The molecule has 3 N–H and O–H groups in total. The highest BCUT2D eigenvalue weighted by atomic mass is 16.6. The summed E-state index contributed by atoms with van der Waals surface area (Å²) < 4.78 is 12.0. The lowest BCUT2D eigenvalue weighted by Gasteiger charge is -2.37. The molecule has 7 heteroatoms. The zero-order valence-electron chi connectivity index (χ0n) is 16.9. The summed E-state index contributed by atoms with van der Waals surface area (Å²) in [5.74, 6) is 1.34. The van der Waals surface area contributed by atoms with Gasteiger partial charge in [-0.2, -0.15) is 0 Å². The normalized spacial score (nSPS) is 27.5. The Kier molecular flexibility index (Phi) is 6.06. The average molecular weight is 402 g/mol. The third-order valence-electron chi connectivity index (χ3n) is 5.94. The number of ether oxygens (including phenoxy) is 2. The van der Waals surface area contributed by atoms with Crippen molar-refractivity contribution >= 4 is 17.5 Å². The van der Waals surface area contributed by atoms with E-state index in [2.05, 4.69) is 10.6 Å². The first-order valence-electron chi connectivity index (χ1n) is 10.7. The summed E-state index contributed by atoms with van der Waals surface area (Å²) >= 11 is 0. The van der Waals surface area contributed by atoms with E-state index in [-0.39, 0.29) is 43.0 Å².